The number of allylic oxidation sites excluding steroid dienone is 5. The highest BCUT2D eigenvalue weighted by molar-refractivity contribution is 6.05. The first kappa shape index (κ1) is 32.5. The molecule has 1 N–H and O–H groups in total. The van der Waals surface area contributed by atoms with Crippen molar-refractivity contribution in [2.24, 2.45) is 4.99 Å². The minimum absolute atomic E-state index is 0.0669. The van der Waals surface area contributed by atoms with Crippen molar-refractivity contribution in [1.29, 1.82) is 0 Å². The average molecular weight is 722 g/mol. The third-order valence-electron chi connectivity index (χ3n) is 11.8. The zero-order valence-corrected chi connectivity index (χ0v) is 30.8. The molecule has 4 atom stereocenters. The van der Waals surface area contributed by atoms with Crippen LogP contribution in [0.1, 0.15) is 52.1 Å². The first-order valence-electron chi connectivity index (χ1n) is 19.6. The third kappa shape index (κ3) is 5.48. The smallest absolute Gasteiger partial charge is 0.135 e. The van der Waals surface area contributed by atoms with Crippen molar-refractivity contribution in [2.75, 3.05) is 4.90 Å². The number of ether oxygens (including phenoxy) is 1. The van der Waals surface area contributed by atoms with Crippen molar-refractivity contribution in [3.05, 3.63) is 228 Å². The molecule has 11 rings (SSSR count). The van der Waals surface area contributed by atoms with Gasteiger partial charge in [-0.1, -0.05) is 170 Å². The van der Waals surface area contributed by atoms with Crippen LogP contribution in [-0.4, -0.2) is 11.9 Å². The molecule has 0 saturated carbocycles. The first-order valence-corrected chi connectivity index (χ1v) is 19.6. The Balaban J connectivity index is 0.916. The number of anilines is 1. The lowest BCUT2D eigenvalue weighted by Crippen LogP contribution is -2.32. The molecule has 4 unspecified atom stereocenters. The summed E-state index contributed by atoms with van der Waals surface area (Å²) in [6.45, 7) is 0. The van der Waals surface area contributed by atoms with Gasteiger partial charge in [-0.15, -0.1) is 0 Å². The Morgan fingerprint density at radius 1 is 0.607 bits per heavy atom. The van der Waals surface area contributed by atoms with E-state index < -0.39 is 0 Å². The monoisotopic (exact) mass is 721 g/mol. The largest absolute Gasteiger partial charge is 0.456 e. The topological polar surface area (TPSA) is 36.9 Å². The second kappa shape index (κ2) is 13.4. The molecule has 6 aromatic carbocycles. The van der Waals surface area contributed by atoms with Crippen molar-refractivity contribution in [2.45, 2.75) is 30.3 Å². The van der Waals surface area contributed by atoms with E-state index in [-0.39, 0.29) is 23.9 Å². The molecule has 4 nitrogen and oxygen atoms in total. The van der Waals surface area contributed by atoms with Gasteiger partial charge in [-0.25, -0.2) is 0 Å². The van der Waals surface area contributed by atoms with Crippen molar-refractivity contribution in [1.82, 2.24) is 5.32 Å². The minimum Gasteiger partial charge on any atom is -0.456 e. The van der Waals surface area contributed by atoms with E-state index in [1.807, 2.05) is 6.07 Å². The molecule has 4 heteroatoms. The Morgan fingerprint density at radius 2 is 1.32 bits per heavy atom. The quantitative estimate of drug-likeness (QED) is 0.192. The average Bonchev–Trinajstić information content (AvgIpc) is 3.53. The maximum atomic E-state index is 6.62. The van der Waals surface area contributed by atoms with Crippen molar-refractivity contribution in [3.63, 3.8) is 0 Å². The molecule has 0 fully saturated rings. The molecule has 0 radical (unpaired) electrons. The van der Waals surface area contributed by atoms with Gasteiger partial charge in [0, 0.05) is 45.5 Å². The first-order chi connectivity index (χ1) is 27.8. The number of nitrogens with zero attached hydrogens (tertiary/aromatic N) is 2. The van der Waals surface area contributed by atoms with E-state index in [2.05, 4.69) is 198 Å². The van der Waals surface area contributed by atoms with E-state index in [4.69, 9.17) is 9.73 Å². The van der Waals surface area contributed by atoms with Gasteiger partial charge in [0.2, 0.25) is 0 Å². The minimum atomic E-state index is -0.0669. The molecule has 0 saturated heterocycles. The van der Waals surface area contributed by atoms with Gasteiger partial charge in [0.1, 0.15) is 17.3 Å². The van der Waals surface area contributed by atoms with Gasteiger partial charge >= 0.3 is 0 Å². The summed E-state index contributed by atoms with van der Waals surface area (Å²) >= 11 is 0. The number of hydrogen-bond acceptors (Lipinski definition) is 4. The third-order valence-corrected chi connectivity index (χ3v) is 11.8. The second-order valence-electron chi connectivity index (χ2n) is 15.0. The Kier molecular flexibility index (Phi) is 7.80. The SMILES string of the molecule is C1=CC2c3ccc4c(c3N(C3=CCC(c5ccc(C6=CC(c7ccccc7)N=C(c7ccccc7)N6)cc5)C=C3)C2C=C1)-c1ccccc1Oc1ccccc1-4. The summed E-state index contributed by atoms with van der Waals surface area (Å²) < 4.78 is 6.62. The van der Waals surface area contributed by atoms with E-state index in [0.717, 1.165) is 51.7 Å². The maximum absolute atomic E-state index is 6.62. The molecule has 6 aromatic rings. The van der Waals surface area contributed by atoms with Crippen molar-refractivity contribution in [3.8, 4) is 33.8 Å². The highest BCUT2D eigenvalue weighted by Gasteiger charge is 2.41. The molecule has 0 bridgehead atoms. The summed E-state index contributed by atoms with van der Waals surface area (Å²) in [6, 6.07) is 51.8. The highest BCUT2D eigenvalue weighted by Crippen LogP contribution is 2.57. The van der Waals surface area contributed by atoms with Crippen LogP contribution in [0.2, 0.25) is 0 Å². The number of aliphatic imine (C=N–C) groups is 1. The fourth-order valence-corrected chi connectivity index (χ4v) is 9.08. The summed E-state index contributed by atoms with van der Waals surface area (Å²) in [5.41, 5.74) is 14.4. The van der Waals surface area contributed by atoms with Crippen LogP contribution in [-0.2, 0) is 0 Å². The standard InChI is InChI=1S/C52H39N3O/c1-3-13-36(14-4-1)45-33-46(54-52(53-45)38-15-5-2-6-16-38)37-25-23-34(24-26-37)35-27-29-39(30-28-35)55-47-20-10-7-17-40(47)43-32-31-42-41-18-8-11-21-48(41)56-49-22-12-9-19-44(49)50(42)51(43)55/h1-27,29-33,35,40,45,47H,28H2,(H,53,54). The molecule has 2 aliphatic carbocycles. The van der Waals surface area contributed by atoms with Crippen LogP contribution in [0.25, 0.3) is 28.0 Å². The number of para-hydroxylation sites is 2. The Hall–Kier alpha value is -6.91. The van der Waals surface area contributed by atoms with Crippen LogP contribution in [0.3, 0.4) is 0 Å². The van der Waals surface area contributed by atoms with Gasteiger partial charge in [0.25, 0.3) is 0 Å². The predicted octanol–water partition coefficient (Wildman–Crippen LogP) is 12.3. The van der Waals surface area contributed by atoms with Gasteiger partial charge in [-0.05, 0) is 58.5 Å². The van der Waals surface area contributed by atoms with Gasteiger partial charge in [0.15, 0.2) is 0 Å². The normalized spacial score (nSPS) is 21.1. The Bertz CT molecular complexity index is 2680. The molecule has 268 valence electrons. The molecular weight excluding hydrogens is 683 g/mol. The lowest BCUT2D eigenvalue weighted by Gasteiger charge is -2.33. The van der Waals surface area contributed by atoms with E-state index in [1.54, 1.807) is 0 Å². The number of amidine groups is 1. The van der Waals surface area contributed by atoms with E-state index in [0.29, 0.717) is 0 Å². The van der Waals surface area contributed by atoms with Crippen LogP contribution in [0, 0.1) is 0 Å². The number of rotatable bonds is 5. The lowest BCUT2D eigenvalue weighted by atomic mass is 9.87. The summed E-state index contributed by atoms with van der Waals surface area (Å²) in [4.78, 5) is 7.71. The zero-order chi connectivity index (χ0) is 37.0. The van der Waals surface area contributed by atoms with E-state index in [1.165, 1.54) is 39.2 Å². The maximum Gasteiger partial charge on any atom is 0.135 e. The van der Waals surface area contributed by atoms with Crippen LogP contribution in [0.15, 0.2) is 205 Å². The van der Waals surface area contributed by atoms with E-state index in [9.17, 15) is 0 Å². The molecule has 0 amide bonds. The van der Waals surface area contributed by atoms with Gasteiger partial charge in [-0.2, -0.15) is 0 Å². The lowest BCUT2D eigenvalue weighted by molar-refractivity contribution is 0.488. The van der Waals surface area contributed by atoms with Gasteiger partial charge in [-0.3, -0.25) is 4.99 Å². The number of nitrogens with one attached hydrogen (secondary N) is 1. The van der Waals surface area contributed by atoms with Crippen molar-refractivity contribution >= 4 is 17.2 Å². The number of benzene rings is 6. The van der Waals surface area contributed by atoms with Gasteiger partial charge < -0.3 is 15.0 Å². The Morgan fingerprint density at radius 3 is 2.11 bits per heavy atom. The fourth-order valence-electron chi connectivity index (χ4n) is 9.08. The van der Waals surface area contributed by atoms with Gasteiger partial charge in [0.05, 0.1) is 17.8 Å². The van der Waals surface area contributed by atoms with Crippen LogP contribution < -0.4 is 15.0 Å². The number of fused-ring (bicyclic) bond motifs is 9. The zero-order valence-electron chi connectivity index (χ0n) is 30.8. The second-order valence-corrected chi connectivity index (χ2v) is 15.0. The highest BCUT2D eigenvalue weighted by atomic mass is 16.5. The molecule has 3 aliphatic heterocycles. The molecule has 0 aromatic heterocycles. The van der Waals surface area contributed by atoms with Crippen LogP contribution in [0.4, 0.5) is 5.69 Å². The summed E-state index contributed by atoms with van der Waals surface area (Å²) in [6.07, 6.45) is 19.5. The molecule has 0 spiro atoms. The number of hydrogen-bond donors (Lipinski definition) is 1. The summed E-state index contributed by atoms with van der Waals surface area (Å²) in [5, 5.41) is 3.65. The molecule has 3 heterocycles. The molecule has 56 heavy (non-hydrogen) atoms. The predicted molar refractivity (Wildman–Crippen MR) is 229 cm³/mol. The van der Waals surface area contributed by atoms with E-state index >= 15 is 0 Å². The Labute approximate surface area is 327 Å². The molecule has 5 aliphatic rings. The van der Waals surface area contributed by atoms with Crippen molar-refractivity contribution < 1.29 is 4.74 Å². The molecular formula is C52H39N3O. The van der Waals surface area contributed by atoms with Crippen LogP contribution >= 0.6 is 0 Å². The van der Waals surface area contributed by atoms with Crippen LogP contribution in [0.5, 0.6) is 11.5 Å². The summed E-state index contributed by atoms with van der Waals surface area (Å²) in [5.74, 6) is 3.22. The fraction of sp³-hybridized carbons (Fsp3) is 0.0962. The summed E-state index contributed by atoms with van der Waals surface area (Å²) in [7, 11) is 0.